The maximum absolute atomic E-state index is 13.6. The largest absolute Gasteiger partial charge is 0.492 e. The van der Waals surface area contributed by atoms with Gasteiger partial charge in [0.15, 0.2) is 0 Å². The first-order chi connectivity index (χ1) is 15.7. The van der Waals surface area contributed by atoms with Crippen molar-refractivity contribution in [1.29, 1.82) is 0 Å². The summed E-state index contributed by atoms with van der Waals surface area (Å²) in [5.41, 5.74) is 2.64. The maximum Gasteiger partial charge on any atom is 0.228 e. The highest BCUT2D eigenvalue weighted by Crippen LogP contribution is 2.34. The predicted molar refractivity (Wildman–Crippen MR) is 121 cm³/mol. The van der Waals surface area contributed by atoms with Crippen LogP contribution in [0, 0.1) is 5.92 Å². The van der Waals surface area contributed by atoms with Gasteiger partial charge >= 0.3 is 0 Å². The zero-order chi connectivity index (χ0) is 22.3. The van der Waals surface area contributed by atoms with E-state index >= 15 is 0 Å². The van der Waals surface area contributed by atoms with Crippen LogP contribution in [0.15, 0.2) is 73.3 Å². The van der Waals surface area contributed by atoms with E-state index in [1.807, 2.05) is 55.5 Å². The van der Waals surface area contributed by atoms with Gasteiger partial charge in [0, 0.05) is 50.8 Å². The highest BCUT2D eigenvalue weighted by molar-refractivity contribution is 6.01. The fraction of sp³-hybridized carbons (Fsp3) is 0.280. The lowest BCUT2D eigenvalue weighted by molar-refractivity contribution is -0.137. The number of nitrogens with zero attached hydrogens (tertiary/aromatic N) is 4. The molecule has 3 heterocycles. The summed E-state index contributed by atoms with van der Waals surface area (Å²) in [7, 11) is 0. The van der Waals surface area contributed by atoms with Gasteiger partial charge in [-0.2, -0.15) is 0 Å². The number of carbonyl (C=O) groups excluding carboxylic acids is 2. The summed E-state index contributed by atoms with van der Waals surface area (Å²) in [6.07, 6.45) is 7.08. The molecule has 0 saturated carbocycles. The number of rotatable bonds is 8. The molecule has 0 aliphatic carbocycles. The molecule has 1 aliphatic rings. The van der Waals surface area contributed by atoms with Crippen molar-refractivity contribution in [1.82, 2.24) is 14.9 Å². The molecule has 2 aromatic heterocycles. The quantitative estimate of drug-likeness (QED) is 0.547. The van der Waals surface area contributed by atoms with Gasteiger partial charge in [0.2, 0.25) is 11.8 Å². The van der Waals surface area contributed by atoms with E-state index in [9.17, 15) is 9.59 Å². The molecule has 32 heavy (non-hydrogen) atoms. The number of hydrogen-bond donors (Lipinski definition) is 0. The Labute approximate surface area is 187 Å². The monoisotopic (exact) mass is 430 g/mol. The molecule has 164 valence electrons. The number of aromatic nitrogens is 2. The van der Waals surface area contributed by atoms with Crippen LogP contribution < -0.4 is 9.64 Å². The number of carbonyl (C=O) groups is 2. The van der Waals surface area contributed by atoms with Crippen molar-refractivity contribution < 1.29 is 14.3 Å². The fourth-order valence-electron chi connectivity index (χ4n) is 3.95. The van der Waals surface area contributed by atoms with E-state index in [4.69, 9.17) is 4.74 Å². The molecule has 3 aromatic rings. The fourth-order valence-corrected chi connectivity index (χ4v) is 3.95. The van der Waals surface area contributed by atoms with Crippen molar-refractivity contribution in [3.05, 3.63) is 84.4 Å². The molecule has 1 fully saturated rings. The van der Waals surface area contributed by atoms with Crippen LogP contribution in [0.25, 0.3) is 0 Å². The zero-order valence-corrected chi connectivity index (χ0v) is 18.1. The van der Waals surface area contributed by atoms with Crippen LogP contribution in [0.4, 0.5) is 5.69 Å². The van der Waals surface area contributed by atoms with Gasteiger partial charge in [-0.15, -0.1) is 0 Å². The normalized spacial score (nSPS) is 15.6. The summed E-state index contributed by atoms with van der Waals surface area (Å²) >= 11 is 0. The lowest BCUT2D eigenvalue weighted by atomic mass is 10.1. The number of hydrogen-bond acceptors (Lipinski definition) is 5. The van der Waals surface area contributed by atoms with Crippen LogP contribution in [0.2, 0.25) is 0 Å². The number of anilines is 1. The second kappa shape index (κ2) is 10.0. The van der Waals surface area contributed by atoms with Crippen LogP contribution in [0.3, 0.4) is 0 Å². The molecular weight excluding hydrogens is 404 g/mol. The van der Waals surface area contributed by atoms with Gasteiger partial charge in [-0.25, -0.2) is 0 Å². The van der Waals surface area contributed by atoms with Crippen LogP contribution >= 0.6 is 0 Å². The maximum atomic E-state index is 13.6. The molecule has 0 radical (unpaired) electrons. The standard InChI is InChI=1S/C25H26N4O3/c1-2-32-23-8-4-3-7-22(23)29-18-21(14-24(29)30)25(31)28(16-19-9-12-26-13-10-19)17-20-6-5-11-27-15-20/h3-13,15,21H,2,14,16-18H2,1H3. The molecule has 1 unspecified atom stereocenters. The van der Waals surface area contributed by atoms with E-state index < -0.39 is 5.92 Å². The minimum atomic E-state index is -0.421. The van der Waals surface area contributed by atoms with Crippen molar-refractivity contribution in [2.75, 3.05) is 18.1 Å². The van der Waals surface area contributed by atoms with Gasteiger partial charge < -0.3 is 14.5 Å². The molecule has 1 atom stereocenters. The zero-order valence-electron chi connectivity index (χ0n) is 18.1. The van der Waals surface area contributed by atoms with Crippen LogP contribution in [0.5, 0.6) is 5.75 Å². The summed E-state index contributed by atoms with van der Waals surface area (Å²) in [6, 6.07) is 15.1. The van der Waals surface area contributed by atoms with Crippen molar-refractivity contribution in [2.45, 2.75) is 26.4 Å². The summed E-state index contributed by atoms with van der Waals surface area (Å²) in [4.78, 5) is 38.1. The van der Waals surface area contributed by atoms with Crippen LogP contribution in [-0.4, -0.2) is 39.8 Å². The second-order valence-electron chi connectivity index (χ2n) is 7.72. The van der Waals surface area contributed by atoms with Gasteiger partial charge in [-0.1, -0.05) is 18.2 Å². The summed E-state index contributed by atoms with van der Waals surface area (Å²) < 4.78 is 5.70. The Balaban J connectivity index is 1.55. The molecule has 2 amide bonds. The molecule has 0 N–H and O–H groups in total. The van der Waals surface area contributed by atoms with Gasteiger partial charge in [0.05, 0.1) is 18.2 Å². The second-order valence-corrected chi connectivity index (χ2v) is 7.72. The van der Waals surface area contributed by atoms with Crippen molar-refractivity contribution in [2.24, 2.45) is 5.92 Å². The minimum absolute atomic E-state index is 0.0459. The minimum Gasteiger partial charge on any atom is -0.492 e. The Bertz CT molecular complexity index is 1020. The van der Waals surface area contributed by atoms with Gasteiger partial charge in [-0.05, 0) is 48.4 Å². The first-order valence-electron chi connectivity index (χ1n) is 10.7. The molecule has 0 spiro atoms. The molecule has 4 rings (SSSR count). The Morgan fingerprint density at radius 2 is 1.81 bits per heavy atom. The summed E-state index contributed by atoms with van der Waals surface area (Å²) in [5.74, 6) is 0.118. The average Bonchev–Trinajstić information content (AvgIpc) is 3.21. The highest BCUT2D eigenvalue weighted by Gasteiger charge is 2.38. The smallest absolute Gasteiger partial charge is 0.228 e. The van der Waals surface area contributed by atoms with Crippen molar-refractivity contribution in [3.8, 4) is 5.75 Å². The average molecular weight is 431 g/mol. The molecular formula is C25H26N4O3. The SMILES string of the molecule is CCOc1ccccc1N1CC(C(=O)N(Cc2ccncc2)Cc2cccnc2)CC1=O. The molecule has 7 nitrogen and oxygen atoms in total. The molecule has 1 aliphatic heterocycles. The van der Waals surface area contributed by atoms with Crippen molar-refractivity contribution >= 4 is 17.5 Å². The first-order valence-corrected chi connectivity index (χ1v) is 10.7. The third-order valence-corrected chi connectivity index (χ3v) is 5.46. The number of benzene rings is 1. The summed E-state index contributed by atoms with van der Waals surface area (Å²) in [6.45, 7) is 3.61. The van der Waals surface area contributed by atoms with Gasteiger partial charge in [0.25, 0.3) is 0 Å². The van der Waals surface area contributed by atoms with E-state index in [0.29, 0.717) is 37.7 Å². The number of amides is 2. The third kappa shape index (κ3) is 4.94. The third-order valence-electron chi connectivity index (χ3n) is 5.46. The molecule has 1 saturated heterocycles. The van der Waals surface area contributed by atoms with E-state index in [0.717, 1.165) is 11.1 Å². The molecule has 7 heteroatoms. The summed E-state index contributed by atoms with van der Waals surface area (Å²) in [5, 5.41) is 0. The lowest BCUT2D eigenvalue weighted by Gasteiger charge is -2.26. The Morgan fingerprint density at radius 3 is 2.56 bits per heavy atom. The van der Waals surface area contributed by atoms with Crippen molar-refractivity contribution in [3.63, 3.8) is 0 Å². The first kappa shape index (κ1) is 21.5. The number of pyridine rings is 2. The number of para-hydroxylation sites is 2. The predicted octanol–water partition coefficient (Wildman–Crippen LogP) is 3.46. The van der Waals surface area contributed by atoms with E-state index in [1.165, 1.54) is 0 Å². The lowest BCUT2D eigenvalue weighted by Crippen LogP contribution is -2.36. The van der Waals surface area contributed by atoms with E-state index in [2.05, 4.69) is 9.97 Å². The van der Waals surface area contributed by atoms with E-state index in [-0.39, 0.29) is 18.2 Å². The molecule has 0 bridgehead atoms. The topological polar surface area (TPSA) is 75.6 Å². The van der Waals surface area contributed by atoms with E-state index in [1.54, 1.807) is 34.6 Å². The number of ether oxygens (including phenoxy) is 1. The molecule has 1 aromatic carbocycles. The Hall–Kier alpha value is -3.74. The Kier molecular flexibility index (Phi) is 6.75. The van der Waals surface area contributed by atoms with Gasteiger partial charge in [-0.3, -0.25) is 19.6 Å². The van der Waals surface area contributed by atoms with Crippen LogP contribution in [0.1, 0.15) is 24.5 Å². The Morgan fingerprint density at radius 1 is 1.03 bits per heavy atom. The highest BCUT2D eigenvalue weighted by atomic mass is 16.5. The van der Waals surface area contributed by atoms with Crippen LogP contribution in [-0.2, 0) is 22.7 Å². The van der Waals surface area contributed by atoms with Gasteiger partial charge in [0.1, 0.15) is 5.75 Å².